The van der Waals surface area contributed by atoms with Gasteiger partial charge in [0.2, 0.25) is 0 Å². The van der Waals surface area contributed by atoms with Crippen LogP contribution in [0.1, 0.15) is 5.56 Å². The predicted octanol–water partition coefficient (Wildman–Crippen LogP) is 3.15. The molecule has 1 heterocycles. The van der Waals surface area contributed by atoms with Gasteiger partial charge in [0.1, 0.15) is 6.61 Å². The van der Waals surface area contributed by atoms with E-state index in [1.165, 1.54) is 6.07 Å². The molecule has 0 saturated carbocycles. The maximum absolute atomic E-state index is 13.4. The van der Waals surface area contributed by atoms with Gasteiger partial charge in [0.25, 0.3) is 0 Å². The van der Waals surface area contributed by atoms with E-state index in [-0.39, 0.29) is 11.6 Å². The second-order valence-corrected chi connectivity index (χ2v) is 4.88. The Kier molecular flexibility index (Phi) is 5.30. The van der Waals surface area contributed by atoms with Crippen LogP contribution in [0, 0.1) is 5.82 Å². The highest BCUT2D eigenvalue weighted by Crippen LogP contribution is 2.21. The smallest absolute Gasteiger partial charge is 0.166 e. The minimum absolute atomic E-state index is 0.270. The molecule has 100 valence electrons. The van der Waals surface area contributed by atoms with Gasteiger partial charge in [-0.2, -0.15) is 0 Å². The highest BCUT2D eigenvalue weighted by Gasteiger charge is 2.03. The zero-order valence-electron chi connectivity index (χ0n) is 10.3. The van der Waals surface area contributed by atoms with Crippen LogP contribution >= 0.6 is 15.9 Å². The number of ether oxygens (including phenoxy) is 1. The molecule has 0 atom stereocenters. The Hall–Kier alpha value is -1.46. The minimum Gasteiger partial charge on any atom is -0.489 e. The lowest BCUT2D eigenvalue weighted by Gasteiger charge is -2.08. The molecule has 0 unspecified atom stereocenters. The normalized spacial score (nSPS) is 10.4. The van der Waals surface area contributed by atoms with Crippen LogP contribution in [0.2, 0.25) is 0 Å². The fraction of sp³-hybridized carbons (Fsp3) is 0.214. The summed E-state index contributed by atoms with van der Waals surface area (Å²) in [6.45, 7) is 1.78. The molecule has 0 aliphatic rings. The van der Waals surface area contributed by atoms with Crippen molar-refractivity contribution in [2.45, 2.75) is 6.54 Å². The van der Waals surface area contributed by atoms with Gasteiger partial charge in [-0.05, 0) is 29.8 Å². The number of hydrogen-bond acceptors (Lipinski definition) is 3. The Labute approximate surface area is 119 Å². The van der Waals surface area contributed by atoms with E-state index < -0.39 is 0 Å². The number of benzene rings is 1. The average molecular weight is 325 g/mol. The van der Waals surface area contributed by atoms with Crippen molar-refractivity contribution in [3.63, 3.8) is 0 Å². The molecule has 0 bridgehead atoms. The van der Waals surface area contributed by atoms with E-state index in [4.69, 9.17) is 4.74 Å². The third kappa shape index (κ3) is 4.61. The van der Waals surface area contributed by atoms with Crippen LogP contribution in [0.15, 0.2) is 47.2 Å². The molecule has 5 heteroatoms. The van der Waals surface area contributed by atoms with Crippen LogP contribution in [0.5, 0.6) is 5.75 Å². The topological polar surface area (TPSA) is 34.1 Å². The van der Waals surface area contributed by atoms with Crippen LogP contribution in [-0.4, -0.2) is 18.1 Å². The summed E-state index contributed by atoms with van der Waals surface area (Å²) in [7, 11) is 0. The molecule has 0 amide bonds. The second kappa shape index (κ2) is 7.21. The summed E-state index contributed by atoms with van der Waals surface area (Å²) < 4.78 is 19.5. The van der Waals surface area contributed by atoms with Crippen molar-refractivity contribution >= 4 is 15.9 Å². The molecule has 2 aromatic rings. The molecule has 1 aromatic carbocycles. The van der Waals surface area contributed by atoms with E-state index in [9.17, 15) is 4.39 Å². The Balaban J connectivity index is 1.69. The van der Waals surface area contributed by atoms with Gasteiger partial charge in [-0.1, -0.05) is 22.0 Å². The zero-order chi connectivity index (χ0) is 13.5. The summed E-state index contributed by atoms with van der Waals surface area (Å²) in [5, 5.41) is 3.21. The predicted molar refractivity (Wildman–Crippen MR) is 75.5 cm³/mol. The first-order valence-electron chi connectivity index (χ1n) is 5.93. The van der Waals surface area contributed by atoms with Gasteiger partial charge in [-0.3, -0.25) is 4.98 Å². The molecular formula is C14H14BrFN2O. The van der Waals surface area contributed by atoms with Gasteiger partial charge < -0.3 is 10.1 Å². The number of aromatic nitrogens is 1. The van der Waals surface area contributed by atoms with Crippen molar-refractivity contribution in [3.05, 3.63) is 58.6 Å². The first-order chi connectivity index (χ1) is 9.25. The Morgan fingerprint density at radius 1 is 1.32 bits per heavy atom. The van der Waals surface area contributed by atoms with Crippen LogP contribution in [-0.2, 0) is 6.54 Å². The number of nitrogens with one attached hydrogen (secondary N) is 1. The fourth-order valence-corrected chi connectivity index (χ4v) is 1.89. The molecule has 0 spiro atoms. The summed E-state index contributed by atoms with van der Waals surface area (Å²) >= 11 is 3.20. The standard InChI is InChI=1S/C14H14BrFN2O/c15-12-3-4-14(13(16)8-12)19-7-6-18-10-11-2-1-5-17-9-11/h1-5,8-9,18H,6-7,10H2. The third-order valence-electron chi connectivity index (χ3n) is 2.48. The van der Waals surface area contributed by atoms with Crippen LogP contribution in [0.3, 0.4) is 0 Å². The first kappa shape index (κ1) is 14.0. The maximum Gasteiger partial charge on any atom is 0.166 e. The molecule has 0 radical (unpaired) electrons. The molecule has 19 heavy (non-hydrogen) atoms. The van der Waals surface area contributed by atoms with E-state index in [0.29, 0.717) is 17.6 Å². The minimum atomic E-state index is -0.360. The lowest BCUT2D eigenvalue weighted by molar-refractivity contribution is 0.298. The summed E-state index contributed by atoms with van der Waals surface area (Å²) in [6.07, 6.45) is 3.55. The van der Waals surface area contributed by atoms with Crippen LogP contribution in [0.4, 0.5) is 4.39 Å². The van der Waals surface area contributed by atoms with Gasteiger partial charge in [0.15, 0.2) is 11.6 Å². The van der Waals surface area contributed by atoms with E-state index in [1.54, 1.807) is 18.3 Å². The lowest BCUT2D eigenvalue weighted by atomic mass is 10.3. The van der Waals surface area contributed by atoms with Crippen molar-refractivity contribution in [1.29, 1.82) is 0 Å². The maximum atomic E-state index is 13.4. The van der Waals surface area contributed by atoms with Crippen LogP contribution < -0.4 is 10.1 Å². The van der Waals surface area contributed by atoms with E-state index in [1.807, 2.05) is 18.3 Å². The highest BCUT2D eigenvalue weighted by molar-refractivity contribution is 9.10. The summed E-state index contributed by atoms with van der Waals surface area (Å²) in [4.78, 5) is 4.03. The SMILES string of the molecule is Fc1cc(Br)ccc1OCCNCc1cccnc1. The molecule has 1 N–H and O–H groups in total. The van der Waals surface area contributed by atoms with Gasteiger partial charge in [-0.15, -0.1) is 0 Å². The second-order valence-electron chi connectivity index (χ2n) is 3.96. The third-order valence-corrected chi connectivity index (χ3v) is 2.98. The molecule has 0 saturated heterocycles. The van der Waals surface area contributed by atoms with Crippen LogP contribution in [0.25, 0.3) is 0 Å². The Bertz CT molecular complexity index is 522. The molecule has 0 aliphatic carbocycles. The monoisotopic (exact) mass is 324 g/mol. The van der Waals surface area contributed by atoms with Gasteiger partial charge in [-0.25, -0.2) is 4.39 Å². The van der Waals surface area contributed by atoms with E-state index >= 15 is 0 Å². The Morgan fingerprint density at radius 3 is 2.95 bits per heavy atom. The molecule has 0 aliphatic heterocycles. The summed E-state index contributed by atoms with van der Waals surface area (Å²) in [6, 6.07) is 8.64. The molecule has 0 fully saturated rings. The molecule has 3 nitrogen and oxygen atoms in total. The molecule has 1 aromatic heterocycles. The van der Waals surface area contributed by atoms with Crippen molar-refractivity contribution in [1.82, 2.24) is 10.3 Å². The quantitative estimate of drug-likeness (QED) is 0.829. The van der Waals surface area contributed by atoms with Crippen molar-refractivity contribution < 1.29 is 9.13 Å². The van der Waals surface area contributed by atoms with Crippen molar-refractivity contribution in [2.75, 3.05) is 13.2 Å². The molecule has 2 rings (SSSR count). The zero-order valence-corrected chi connectivity index (χ0v) is 11.9. The number of hydrogen-bond donors (Lipinski definition) is 1. The Morgan fingerprint density at radius 2 is 2.21 bits per heavy atom. The van der Waals surface area contributed by atoms with Gasteiger partial charge in [0.05, 0.1) is 0 Å². The number of pyridine rings is 1. The largest absolute Gasteiger partial charge is 0.489 e. The first-order valence-corrected chi connectivity index (χ1v) is 6.72. The molecular weight excluding hydrogens is 311 g/mol. The average Bonchev–Trinajstić information content (AvgIpc) is 2.42. The van der Waals surface area contributed by atoms with Crippen molar-refractivity contribution in [3.8, 4) is 5.75 Å². The fourth-order valence-electron chi connectivity index (χ4n) is 1.56. The number of nitrogens with zero attached hydrogens (tertiary/aromatic N) is 1. The van der Waals surface area contributed by atoms with Gasteiger partial charge in [0, 0.05) is 30.0 Å². The van der Waals surface area contributed by atoms with E-state index in [2.05, 4.69) is 26.2 Å². The summed E-state index contributed by atoms with van der Waals surface area (Å²) in [5.74, 6) is -0.0898. The van der Waals surface area contributed by atoms with E-state index in [0.717, 1.165) is 12.1 Å². The summed E-state index contributed by atoms with van der Waals surface area (Å²) in [5.41, 5.74) is 1.11. The lowest BCUT2D eigenvalue weighted by Crippen LogP contribution is -2.20. The van der Waals surface area contributed by atoms with Crippen molar-refractivity contribution in [2.24, 2.45) is 0 Å². The number of halogens is 2. The van der Waals surface area contributed by atoms with Gasteiger partial charge >= 0.3 is 0 Å². The number of rotatable bonds is 6. The highest BCUT2D eigenvalue weighted by atomic mass is 79.9.